The van der Waals surface area contributed by atoms with Crippen molar-refractivity contribution >= 4 is 50.2 Å². The standard InChI is InChI=1S/C22H23ClN4O3S2/c1-14-24-19(13-31-14)15-4-7-20-16(10-15)8-9-27(20)12-22(28)25-17-5-6-18(23)21(11-17)32(29,30)26(2)3/h4-7,10-11,13H,8-9,12H2,1-3H3,(H,25,28). The van der Waals surface area contributed by atoms with Crippen LogP contribution >= 0.6 is 22.9 Å². The summed E-state index contributed by atoms with van der Waals surface area (Å²) in [7, 11) is -0.852. The number of aromatic nitrogens is 1. The number of carbonyl (C=O) groups excluding carboxylic acids is 1. The molecule has 1 aliphatic heterocycles. The van der Waals surface area contributed by atoms with Crippen LogP contribution in [0.1, 0.15) is 10.6 Å². The van der Waals surface area contributed by atoms with Crippen molar-refractivity contribution in [1.29, 1.82) is 0 Å². The fraction of sp³-hybridized carbons (Fsp3) is 0.273. The van der Waals surface area contributed by atoms with Crippen LogP contribution in [0.15, 0.2) is 46.7 Å². The third kappa shape index (κ3) is 4.52. The summed E-state index contributed by atoms with van der Waals surface area (Å²) in [6.45, 7) is 2.89. The Hall–Kier alpha value is -2.46. The number of nitrogens with one attached hydrogen (secondary N) is 1. The highest BCUT2D eigenvalue weighted by Gasteiger charge is 2.24. The van der Waals surface area contributed by atoms with E-state index in [2.05, 4.69) is 16.4 Å². The number of thiazole rings is 1. The van der Waals surface area contributed by atoms with Crippen LogP contribution in [0.25, 0.3) is 11.3 Å². The Morgan fingerprint density at radius 3 is 2.72 bits per heavy atom. The van der Waals surface area contributed by atoms with Crippen LogP contribution in [-0.2, 0) is 21.2 Å². The molecule has 4 rings (SSSR count). The molecule has 0 spiro atoms. The van der Waals surface area contributed by atoms with Crippen molar-refractivity contribution < 1.29 is 13.2 Å². The van der Waals surface area contributed by atoms with Gasteiger partial charge in [0.05, 0.1) is 22.3 Å². The number of aryl methyl sites for hydroxylation is 1. The maximum Gasteiger partial charge on any atom is 0.244 e. The molecule has 1 amide bonds. The Balaban J connectivity index is 1.47. The number of hydrogen-bond acceptors (Lipinski definition) is 6. The van der Waals surface area contributed by atoms with Crippen molar-refractivity contribution in [2.75, 3.05) is 37.4 Å². The zero-order valence-corrected chi connectivity index (χ0v) is 20.3. The van der Waals surface area contributed by atoms with Gasteiger partial charge < -0.3 is 10.2 Å². The minimum Gasteiger partial charge on any atom is -0.362 e. The minimum absolute atomic E-state index is 0.0432. The van der Waals surface area contributed by atoms with Gasteiger partial charge in [-0.1, -0.05) is 17.7 Å². The van der Waals surface area contributed by atoms with Crippen LogP contribution in [0, 0.1) is 6.92 Å². The van der Waals surface area contributed by atoms with Gasteiger partial charge in [0.1, 0.15) is 4.90 Å². The molecule has 0 fully saturated rings. The highest BCUT2D eigenvalue weighted by molar-refractivity contribution is 7.89. The van der Waals surface area contributed by atoms with Crippen LogP contribution in [0.3, 0.4) is 0 Å². The predicted octanol–water partition coefficient (Wildman–Crippen LogP) is 4.02. The lowest BCUT2D eigenvalue weighted by Gasteiger charge is -2.19. The van der Waals surface area contributed by atoms with Gasteiger partial charge in [-0.25, -0.2) is 17.7 Å². The third-order valence-corrected chi connectivity index (χ3v) is 8.36. The zero-order valence-electron chi connectivity index (χ0n) is 17.9. The summed E-state index contributed by atoms with van der Waals surface area (Å²) in [6, 6.07) is 10.6. The Bertz CT molecular complexity index is 1290. The lowest BCUT2D eigenvalue weighted by molar-refractivity contribution is -0.115. The van der Waals surface area contributed by atoms with E-state index in [1.807, 2.05) is 29.3 Å². The van der Waals surface area contributed by atoms with Crippen LogP contribution in [-0.4, -0.2) is 50.8 Å². The molecule has 1 aliphatic rings. The highest BCUT2D eigenvalue weighted by Crippen LogP contribution is 2.33. The predicted molar refractivity (Wildman–Crippen MR) is 129 cm³/mol. The van der Waals surface area contributed by atoms with E-state index in [0.29, 0.717) is 5.69 Å². The van der Waals surface area contributed by atoms with E-state index in [9.17, 15) is 13.2 Å². The summed E-state index contributed by atoms with van der Waals surface area (Å²) in [5.41, 5.74) is 4.65. The number of rotatable bonds is 6. The number of fused-ring (bicyclic) bond motifs is 1. The molecular formula is C22H23ClN4O3S2. The molecule has 0 saturated carbocycles. The summed E-state index contributed by atoms with van der Waals surface area (Å²) < 4.78 is 26.0. The summed E-state index contributed by atoms with van der Waals surface area (Å²) in [6.07, 6.45) is 0.853. The smallest absolute Gasteiger partial charge is 0.244 e. The van der Waals surface area contributed by atoms with Gasteiger partial charge in [-0.05, 0) is 49.2 Å². The van der Waals surface area contributed by atoms with Crippen molar-refractivity contribution in [2.45, 2.75) is 18.2 Å². The van der Waals surface area contributed by atoms with E-state index in [1.165, 1.54) is 31.8 Å². The van der Waals surface area contributed by atoms with Gasteiger partial charge in [-0.15, -0.1) is 11.3 Å². The van der Waals surface area contributed by atoms with Crippen molar-refractivity contribution in [3.8, 4) is 11.3 Å². The Kier molecular flexibility index (Phi) is 6.26. The second-order valence-corrected chi connectivity index (χ2v) is 11.3. The first kappa shape index (κ1) is 22.7. The van der Waals surface area contributed by atoms with Gasteiger partial charge in [-0.3, -0.25) is 4.79 Å². The second kappa shape index (κ2) is 8.82. The Morgan fingerprint density at radius 2 is 2.03 bits per heavy atom. The first-order valence-corrected chi connectivity index (χ1v) is 12.7. The molecular weight excluding hydrogens is 468 g/mol. The van der Waals surface area contributed by atoms with Crippen molar-refractivity contribution in [2.24, 2.45) is 0 Å². The number of hydrogen-bond donors (Lipinski definition) is 1. The number of amides is 1. The molecule has 32 heavy (non-hydrogen) atoms. The van der Waals surface area contributed by atoms with Crippen molar-refractivity contribution in [1.82, 2.24) is 9.29 Å². The molecule has 1 aromatic heterocycles. The lowest BCUT2D eigenvalue weighted by atomic mass is 10.1. The third-order valence-electron chi connectivity index (χ3n) is 5.29. The summed E-state index contributed by atoms with van der Waals surface area (Å²) in [4.78, 5) is 19.2. The van der Waals surface area contributed by atoms with Gasteiger partial charge in [0, 0.05) is 43.0 Å². The van der Waals surface area contributed by atoms with Gasteiger partial charge in [0.25, 0.3) is 0 Å². The Labute approximate surface area is 196 Å². The summed E-state index contributed by atoms with van der Waals surface area (Å²) in [5, 5.41) is 5.97. The van der Waals surface area contributed by atoms with Gasteiger partial charge in [0.15, 0.2) is 0 Å². The molecule has 168 valence electrons. The number of carbonyl (C=O) groups is 1. The monoisotopic (exact) mass is 490 g/mol. The molecule has 0 radical (unpaired) electrons. The van der Waals surface area contributed by atoms with Gasteiger partial charge in [-0.2, -0.15) is 0 Å². The minimum atomic E-state index is -3.72. The molecule has 0 saturated heterocycles. The van der Waals surface area contributed by atoms with E-state index in [1.54, 1.807) is 17.4 Å². The highest BCUT2D eigenvalue weighted by atomic mass is 35.5. The van der Waals surface area contributed by atoms with E-state index >= 15 is 0 Å². The number of anilines is 2. The quantitative estimate of drug-likeness (QED) is 0.564. The molecule has 7 nitrogen and oxygen atoms in total. The maximum atomic E-state index is 12.7. The van der Waals surface area contributed by atoms with E-state index in [4.69, 9.17) is 11.6 Å². The molecule has 2 aromatic carbocycles. The number of nitrogens with zero attached hydrogens (tertiary/aromatic N) is 3. The van der Waals surface area contributed by atoms with Gasteiger partial charge in [0.2, 0.25) is 15.9 Å². The lowest BCUT2D eigenvalue weighted by Crippen LogP contribution is -2.32. The fourth-order valence-corrected chi connectivity index (χ4v) is 5.65. The molecule has 1 N–H and O–H groups in total. The van der Waals surface area contributed by atoms with E-state index in [-0.39, 0.29) is 22.4 Å². The topological polar surface area (TPSA) is 82.6 Å². The SMILES string of the molecule is Cc1nc(-c2ccc3c(c2)CCN3CC(=O)Nc2ccc(Cl)c(S(=O)(=O)N(C)C)c2)cs1. The molecule has 3 aromatic rings. The van der Waals surface area contributed by atoms with Crippen molar-refractivity contribution in [3.05, 3.63) is 57.4 Å². The summed E-state index contributed by atoms with van der Waals surface area (Å²) in [5.74, 6) is -0.229. The number of halogens is 1. The van der Waals surface area contributed by atoms with Crippen LogP contribution in [0.2, 0.25) is 5.02 Å². The normalized spacial score (nSPS) is 13.5. The van der Waals surface area contributed by atoms with E-state index < -0.39 is 10.0 Å². The van der Waals surface area contributed by atoms with Crippen LogP contribution < -0.4 is 10.2 Å². The fourth-order valence-electron chi connectivity index (χ4n) is 3.64. The molecule has 0 bridgehead atoms. The number of benzene rings is 2. The second-order valence-electron chi connectivity index (χ2n) is 7.75. The van der Waals surface area contributed by atoms with Crippen LogP contribution in [0.5, 0.6) is 0 Å². The largest absolute Gasteiger partial charge is 0.362 e. The van der Waals surface area contributed by atoms with Crippen LogP contribution in [0.4, 0.5) is 11.4 Å². The zero-order chi connectivity index (χ0) is 23.0. The van der Waals surface area contributed by atoms with Crippen molar-refractivity contribution in [3.63, 3.8) is 0 Å². The first-order chi connectivity index (χ1) is 15.1. The number of sulfonamides is 1. The average molecular weight is 491 g/mol. The average Bonchev–Trinajstić information content (AvgIpc) is 3.35. The van der Waals surface area contributed by atoms with E-state index in [0.717, 1.165) is 39.2 Å². The Morgan fingerprint density at radius 1 is 1.25 bits per heavy atom. The molecule has 0 aliphatic carbocycles. The molecule has 0 unspecified atom stereocenters. The first-order valence-electron chi connectivity index (χ1n) is 9.97. The van der Waals surface area contributed by atoms with Gasteiger partial charge >= 0.3 is 0 Å². The molecule has 2 heterocycles. The molecule has 10 heteroatoms. The maximum absolute atomic E-state index is 12.7. The summed E-state index contributed by atoms with van der Waals surface area (Å²) >= 11 is 7.71. The molecule has 0 atom stereocenters.